The van der Waals surface area contributed by atoms with Crippen molar-refractivity contribution >= 4 is 11.8 Å². The van der Waals surface area contributed by atoms with E-state index < -0.39 is 0 Å². The minimum absolute atomic E-state index is 0.741. The number of thioether (sulfide) groups is 1. The molecule has 2 heteroatoms. The molecule has 0 N–H and O–H groups in total. The lowest BCUT2D eigenvalue weighted by Crippen LogP contribution is -2.52. The van der Waals surface area contributed by atoms with Crippen LogP contribution in [0.2, 0.25) is 0 Å². The molecule has 0 saturated carbocycles. The lowest BCUT2D eigenvalue weighted by Gasteiger charge is -2.39. The van der Waals surface area contributed by atoms with Crippen molar-refractivity contribution < 1.29 is 4.48 Å². The van der Waals surface area contributed by atoms with E-state index in [0.29, 0.717) is 0 Å². The zero-order chi connectivity index (χ0) is 10.2. The van der Waals surface area contributed by atoms with Crippen LogP contribution < -0.4 is 0 Å². The van der Waals surface area contributed by atoms with Crippen LogP contribution in [-0.4, -0.2) is 41.7 Å². The third kappa shape index (κ3) is 1.61. The molecule has 2 heterocycles. The third-order valence-electron chi connectivity index (χ3n) is 4.65. The van der Waals surface area contributed by atoms with Crippen molar-refractivity contribution in [2.24, 2.45) is 5.41 Å². The van der Waals surface area contributed by atoms with Crippen LogP contribution in [0.1, 0.15) is 33.6 Å². The van der Waals surface area contributed by atoms with Gasteiger partial charge in [-0.05, 0) is 32.9 Å². The van der Waals surface area contributed by atoms with Gasteiger partial charge in [-0.2, -0.15) is 11.8 Å². The van der Waals surface area contributed by atoms with Gasteiger partial charge < -0.3 is 4.48 Å². The first-order chi connectivity index (χ1) is 6.63. The second kappa shape index (κ2) is 3.71. The normalized spacial score (nSPS) is 42.9. The van der Waals surface area contributed by atoms with Gasteiger partial charge in [0.25, 0.3) is 0 Å². The Balaban J connectivity index is 2.11. The van der Waals surface area contributed by atoms with Gasteiger partial charge >= 0.3 is 0 Å². The van der Waals surface area contributed by atoms with Crippen LogP contribution in [0.5, 0.6) is 0 Å². The molecule has 0 radical (unpaired) electrons. The van der Waals surface area contributed by atoms with E-state index in [1.807, 2.05) is 0 Å². The minimum atomic E-state index is 0.741. The Labute approximate surface area is 92.8 Å². The molecule has 0 bridgehead atoms. The molecule has 2 fully saturated rings. The largest absolute Gasteiger partial charge is 0.321 e. The summed E-state index contributed by atoms with van der Waals surface area (Å²) in [7, 11) is 0. The molecule has 0 aliphatic carbocycles. The summed E-state index contributed by atoms with van der Waals surface area (Å²) in [5.74, 6) is 2.86. The first kappa shape index (κ1) is 10.8. The number of rotatable bonds is 2. The third-order valence-corrected chi connectivity index (χ3v) is 5.96. The summed E-state index contributed by atoms with van der Waals surface area (Å²) in [5, 5.41) is 0. The first-order valence-corrected chi connectivity index (χ1v) is 7.21. The molecule has 0 aromatic heterocycles. The summed E-state index contributed by atoms with van der Waals surface area (Å²) in [5.41, 5.74) is 0.741. The molecule has 0 aromatic carbocycles. The van der Waals surface area contributed by atoms with Crippen molar-refractivity contribution in [3.8, 4) is 0 Å². The van der Waals surface area contributed by atoms with Gasteiger partial charge in [0.2, 0.25) is 0 Å². The zero-order valence-corrected chi connectivity index (χ0v) is 10.7. The maximum absolute atomic E-state index is 2.41. The molecule has 2 aliphatic rings. The lowest BCUT2D eigenvalue weighted by molar-refractivity contribution is -0.937. The van der Waals surface area contributed by atoms with E-state index in [-0.39, 0.29) is 0 Å². The van der Waals surface area contributed by atoms with Crippen LogP contribution >= 0.6 is 11.8 Å². The molecule has 82 valence electrons. The minimum Gasteiger partial charge on any atom is -0.321 e. The molecule has 2 saturated heterocycles. The van der Waals surface area contributed by atoms with Crippen molar-refractivity contribution in [3.05, 3.63) is 0 Å². The van der Waals surface area contributed by atoms with Crippen LogP contribution in [0.25, 0.3) is 0 Å². The average Bonchev–Trinajstić information content (AvgIpc) is 2.76. The fraction of sp³-hybridized carbons (Fsp3) is 1.00. The van der Waals surface area contributed by atoms with Crippen molar-refractivity contribution in [1.29, 1.82) is 0 Å². The summed E-state index contributed by atoms with van der Waals surface area (Å²) < 4.78 is 1.39. The van der Waals surface area contributed by atoms with Crippen LogP contribution in [-0.2, 0) is 0 Å². The molecule has 0 amide bonds. The number of quaternary nitrogens is 1. The summed E-state index contributed by atoms with van der Waals surface area (Å²) >= 11 is 2.18. The van der Waals surface area contributed by atoms with E-state index in [2.05, 4.69) is 32.5 Å². The SMILES string of the molecule is CC[N+]1(C(C)C)CCC2(CCSC2)C1. The highest BCUT2D eigenvalue weighted by Gasteiger charge is 2.50. The molecule has 1 spiro atoms. The van der Waals surface area contributed by atoms with Crippen LogP contribution in [0.15, 0.2) is 0 Å². The van der Waals surface area contributed by atoms with Gasteiger partial charge in [-0.1, -0.05) is 0 Å². The Morgan fingerprint density at radius 2 is 2.14 bits per heavy atom. The van der Waals surface area contributed by atoms with E-state index in [1.165, 1.54) is 48.5 Å². The average molecular weight is 214 g/mol. The summed E-state index contributed by atoms with van der Waals surface area (Å²) in [6.45, 7) is 11.4. The standard InChI is InChI=1S/C12H24NS/c1-4-13(11(2)3)7-5-12(9-13)6-8-14-10-12/h11H,4-10H2,1-3H3/q+1. The molecule has 2 atom stereocenters. The first-order valence-electron chi connectivity index (χ1n) is 6.06. The highest BCUT2D eigenvalue weighted by Crippen LogP contribution is 2.46. The van der Waals surface area contributed by atoms with Gasteiger partial charge in [-0.25, -0.2) is 0 Å². The van der Waals surface area contributed by atoms with Crippen LogP contribution in [0.3, 0.4) is 0 Å². The second-order valence-corrected chi connectivity index (χ2v) is 6.67. The Hall–Kier alpha value is 0.310. The predicted octanol–water partition coefficient (Wildman–Crippen LogP) is 2.76. The van der Waals surface area contributed by atoms with E-state index in [1.54, 1.807) is 0 Å². The number of hydrogen-bond donors (Lipinski definition) is 0. The van der Waals surface area contributed by atoms with Gasteiger partial charge in [-0.15, -0.1) is 0 Å². The Morgan fingerprint density at radius 1 is 1.36 bits per heavy atom. The summed E-state index contributed by atoms with van der Waals surface area (Å²) in [4.78, 5) is 0. The Bertz CT molecular complexity index is 208. The van der Waals surface area contributed by atoms with Gasteiger partial charge in [-0.3, -0.25) is 0 Å². The number of hydrogen-bond acceptors (Lipinski definition) is 1. The Morgan fingerprint density at radius 3 is 2.57 bits per heavy atom. The molecule has 0 aromatic rings. The van der Waals surface area contributed by atoms with E-state index in [9.17, 15) is 0 Å². The number of likely N-dealkylation sites (tertiary alicyclic amines) is 1. The van der Waals surface area contributed by atoms with Crippen molar-refractivity contribution in [1.82, 2.24) is 0 Å². The Kier molecular flexibility index (Phi) is 2.87. The van der Waals surface area contributed by atoms with Crippen LogP contribution in [0.4, 0.5) is 0 Å². The second-order valence-electron chi connectivity index (χ2n) is 5.56. The quantitative estimate of drug-likeness (QED) is 0.637. The predicted molar refractivity (Wildman–Crippen MR) is 64.7 cm³/mol. The fourth-order valence-corrected chi connectivity index (χ4v) is 4.87. The van der Waals surface area contributed by atoms with Crippen molar-refractivity contribution in [2.75, 3.05) is 31.1 Å². The smallest absolute Gasteiger partial charge is 0.0856 e. The molecular weight excluding hydrogens is 190 g/mol. The maximum atomic E-state index is 2.41. The van der Waals surface area contributed by atoms with E-state index in [0.717, 1.165) is 11.5 Å². The van der Waals surface area contributed by atoms with Gasteiger partial charge in [0.05, 0.1) is 25.7 Å². The van der Waals surface area contributed by atoms with Gasteiger partial charge in [0, 0.05) is 17.6 Å². The summed E-state index contributed by atoms with van der Waals surface area (Å²) in [6.07, 6.45) is 2.98. The van der Waals surface area contributed by atoms with Crippen LogP contribution in [0, 0.1) is 5.41 Å². The summed E-state index contributed by atoms with van der Waals surface area (Å²) in [6, 6.07) is 0.824. The fourth-order valence-electron chi connectivity index (χ4n) is 3.33. The topological polar surface area (TPSA) is 0 Å². The lowest BCUT2D eigenvalue weighted by atomic mass is 9.87. The number of nitrogens with zero attached hydrogens (tertiary/aromatic N) is 1. The van der Waals surface area contributed by atoms with Gasteiger partial charge in [0.15, 0.2) is 0 Å². The highest BCUT2D eigenvalue weighted by atomic mass is 32.2. The highest BCUT2D eigenvalue weighted by molar-refractivity contribution is 7.99. The monoisotopic (exact) mass is 214 g/mol. The van der Waals surface area contributed by atoms with Crippen molar-refractivity contribution in [2.45, 2.75) is 39.7 Å². The van der Waals surface area contributed by atoms with E-state index in [4.69, 9.17) is 0 Å². The molecule has 2 rings (SSSR count). The molecule has 14 heavy (non-hydrogen) atoms. The molecule has 1 nitrogen and oxygen atoms in total. The molecular formula is C12H24NS+. The molecule has 2 unspecified atom stereocenters. The maximum Gasteiger partial charge on any atom is 0.0856 e. The molecule has 2 aliphatic heterocycles. The van der Waals surface area contributed by atoms with Crippen molar-refractivity contribution in [3.63, 3.8) is 0 Å². The van der Waals surface area contributed by atoms with Gasteiger partial charge in [0.1, 0.15) is 0 Å². The zero-order valence-electron chi connectivity index (χ0n) is 9.88. The van der Waals surface area contributed by atoms with E-state index >= 15 is 0 Å².